The number of hydrogen-bond acceptors (Lipinski definition) is 5. The van der Waals surface area contributed by atoms with E-state index in [2.05, 4.69) is 4.72 Å². The smallest absolute Gasteiger partial charge is 0.301 e. The van der Waals surface area contributed by atoms with Crippen molar-refractivity contribution in [2.24, 2.45) is 5.14 Å². The third-order valence-corrected chi connectivity index (χ3v) is 5.55. The lowest BCUT2D eigenvalue weighted by atomic mass is 10.2. The molecule has 0 spiro atoms. The van der Waals surface area contributed by atoms with Crippen LogP contribution in [0.3, 0.4) is 0 Å². The number of anilines is 1. The molecule has 1 aromatic carbocycles. The van der Waals surface area contributed by atoms with Crippen LogP contribution in [0.25, 0.3) is 0 Å². The van der Waals surface area contributed by atoms with Gasteiger partial charge in [-0.15, -0.1) is 0 Å². The molecule has 1 aromatic rings. The van der Waals surface area contributed by atoms with E-state index in [1.807, 2.05) is 0 Å². The molecule has 21 heavy (non-hydrogen) atoms. The topological polar surface area (TPSA) is 119 Å². The summed E-state index contributed by atoms with van der Waals surface area (Å²) in [5.41, 5.74) is 1.10. The number of ether oxygens (including phenoxy) is 1. The van der Waals surface area contributed by atoms with Crippen molar-refractivity contribution in [2.75, 3.05) is 31.1 Å². The van der Waals surface area contributed by atoms with Gasteiger partial charge >= 0.3 is 10.2 Å². The van der Waals surface area contributed by atoms with E-state index >= 15 is 0 Å². The van der Waals surface area contributed by atoms with Gasteiger partial charge < -0.3 is 4.74 Å². The summed E-state index contributed by atoms with van der Waals surface area (Å²) in [4.78, 5) is -0.0205. The molecular weight excluding hydrogens is 318 g/mol. The van der Waals surface area contributed by atoms with E-state index in [4.69, 9.17) is 9.88 Å². The van der Waals surface area contributed by atoms with Crippen LogP contribution in [0.15, 0.2) is 23.1 Å². The quantitative estimate of drug-likeness (QED) is 0.658. The van der Waals surface area contributed by atoms with Crippen molar-refractivity contribution in [2.45, 2.75) is 11.3 Å². The summed E-state index contributed by atoms with van der Waals surface area (Å²) >= 11 is 0. The standard InChI is InChI=1S/C11H17N3O5S2/c1-19-7-5-13-21(17,18)14-6-4-9-8-10(20(12,15)16)2-3-11(9)14/h2-3,8,13H,4-7H2,1H3,(H2,12,15,16). The summed E-state index contributed by atoms with van der Waals surface area (Å²) in [6.45, 7) is 0.690. The molecule has 2 rings (SSSR count). The largest absolute Gasteiger partial charge is 0.383 e. The van der Waals surface area contributed by atoms with Crippen molar-refractivity contribution < 1.29 is 21.6 Å². The number of hydrogen-bond donors (Lipinski definition) is 2. The molecule has 8 nitrogen and oxygen atoms in total. The fourth-order valence-electron chi connectivity index (χ4n) is 2.13. The van der Waals surface area contributed by atoms with Gasteiger partial charge in [-0.3, -0.25) is 4.31 Å². The zero-order valence-corrected chi connectivity index (χ0v) is 13.1. The van der Waals surface area contributed by atoms with E-state index in [0.29, 0.717) is 17.7 Å². The molecule has 0 unspecified atom stereocenters. The van der Waals surface area contributed by atoms with Crippen LogP contribution in [0.2, 0.25) is 0 Å². The summed E-state index contributed by atoms with van der Waals surface area (Å²) in [5, 5.41) is 5.07. The van der Waals surface area contributed by atoms with E-state index in [1.54, 1.807) is 0 Å². The second-order valence-corrected chi connectivity index (χ2v) is 7.79. The molecule has 1 heterocycles. The summed E-state index contributed by atoms with van der Waals surface area (Å²) in [6.07, 6.45) is 0.434. The highest BCUT2D eigenvalue weighted by Crippen LogP contribution is 2.31. The first-order chi connectivity index (χ1) is 9.75. The predicted molar refractivity (Wildman–Crippen MR) is 77.7 cm³/mol. The molecule has 1 aliphatic heterocycles. The number of nitrogens with zero attached hydrogens (tertiary/aromatic N) is 1. The zero-order valence-electron chi connectivity index (χ0n) is 11.4. The summed E-state index contributed by atoms with van der Waals surface area (Å²) in [5.74, 6) is 0. The van der Waals surface area contributed by atoms with Crippen molar-refractivity contribution in [3.63, 3.8) is 0 Å². The van der Waals surface area contributed by atoms with Crippen molar-refractivity contribution in [1.29, 1.82) is 0 Å². The van der Waals surface area contributed by atoms with Gasteiger partial charge in [0.2, 0.25) is 10.0 Å². The number of nitrogens with one attached hydrogen (secondary N) is 1. The minimum absolute atomic E-state index is 0.0205. The number of primary sulfonamides is 1. The van der Waals surface area contributed by atoms with Crippen molar-refractivity contribution in [1.82, 2.24) is 4.72 Å². The highest BCUT2D eigenvalue weighted by molar-refractivity contribution is 7.91. The van der Waals surface area contributed by atoms with Crippen LogP contribution >= 0.6 is 0 Å². The maximum atomic E-state index is 12.2. The van der Waals surface area contributed by atoms with Gasteiger partial charge in [0.25, 0.3) is 0 Å². The Balaban J connectivity index is 2.27. The van der Waals surface area contributed by atoms with Gasteiger partial charge in [-0.1, -0.05) is 0 Å². The van der Waals surface area contributed by atoms with Crippen LogP contribution in [-0.4, -0.2) is 43.6 Å². The fourth-order valence-corrected chi connectivity index (χ4v) is 3.96. The predicted octanol–water partition coefficient (Wildman–Crippen LogP) is -0.823. The van der Waals surface area contributed by atoms with Gasteiger partial charge in [-0.2, -0.15) is 13.1 Å². The first-order valence-electron chi connectivity index (χ1n) is 6.18. The molecule has 0 saturated heterocycles. The SMILES string of the molecule is COCCNS(=O)(=O)N1CCc2cc(S(N)(=O)=O)ccc21. The van der Waals surface area contributed by atoms with Crippen LogP contribution in [0.1, 0.15) is 5.56 Å². The van der Waals surface area contributed by atoms with Gasteiger partial charge in [-0.05, 0) is 30.2 Å². The maximum absolute atomic E-state index is 12.2. The average Bonchev–Trinajstić information content (AvgIpc) is 2.81. The first kappa shape index (κ1) is 16.2. The maximum Gasteiger partial charge on any atom is 0.301 e. The number of rotatable bonds is 6. The molecule has 1 aliphatic rings. The molecule has 0 bridgehead atoms. The fraction of sp³-hybridized carbons (Fsp3) is 0.455. The molecule has 0 aliphatic carbocycles. The number of nitrogens with two attached hydrogens (primary N) is 1. The summed E-state index contributed by atoms with van der Waals surface area (Å²) < 4.78 is 55.4. The van der Waals surface area contributed by atoms with Crippen LogP contribution in [0.4, 0.5) is 5.69 Å². The van der Waals surface area contributed by atoms with Crippen LogP contribution in [0, 0.1) is 0 Å². The first-order valence-corrected chi connectivity index (χ1v) is 9.16. The van der Waals surface area contributed by atoms with Gasteiger partial charge in [0.1, 0.15) is 0 Å². The highest BCUT2D eigenvalue weighted by Gasteiger charge is 2.29. The van der Waals surface area contributed by atoms with Crippen molar-refractivity contribution in [3.05, 3.63) is 23.8 Å². The third-order valence-electron chi connectivity index (χ3n) is 3.11. The summed E-state index contributed by atoms with van der Waals surface area (Å²) in [6, 6.07) is 4.17. The Morgan fingerprint density at radius 3 is 2.67 bits per heavy atom. The lowest BCUT2D eigenvalue weighted by molar-refractivity contribution is 0.204. The molecule has 0 amide bonds. The second kappa shape index (κ2) is 5.89. The second-order valence-electron chi connectivity index (χ2n) is 4.55. The molecule has 10 heteroatoms. The number of methoxy groups -OCH3 is 1. The monoisotopic (exact) mass is 335 g/mol. The van der Waals surface area contributed by atoms with Gasteiger partial charge in [0.05, 0.1) is 17.2 Å². The van der Waals surface area contributed by atoms with E-state index < -0.39 is 20.2 Å². The minimum atomic E-state index is -3.80. The number of fused-ring (bicyclic) bond motifs is 1. The van der Waals surface area contributed by atoms with E-state index in [0.717, 1.165) is 0 Å². The normalized spacial score (nSPS) is 15.2. The van der Waals surface area contributed by atoms with Gasteiger partial charge in [0.15, 0.2) is 0 Å². The Bertz CT molecular complexity index is 730. The Morgan fingerprint density at radius 1 is 1.33 bits per heavy atom. The highest BCUT2D eigenvalue weighted by atomic mass is 32.2. The van der Waals surface area contributed by atoms with Crippen LogP contribution in [0.5, 0.6) is 0 Å². The van der Waals surface area contributed by atoms with Gasteiger partial charge in [0, 0.05) is 20.2 Å². The lowest BCUT2D eigenvalue weighted by Gasteiger charge is -2.19. The van der Waals surface area contributed by atoms with Gasteiger partial charge in [-0.25, -0.2) is 13.6 Å². The average molecular weight is 335 g/mol. The van der Waals surface area contributed by atoms with Crippen molar-refractivity contribution >= 4 is 25.9 Å². The summed E-state index contributed by atoms with van der Waals surface area (Å²) in [7, 11) is -5.99. The minimum Gasteiger partial charge on any atom is -0.383 e. The third kappa shape index (κ3) is 3.52. The number of sulfonamides is 1. The Morgan fingerprint density at radius 2 is 2.05 bits per heavy atom. The lowest BCUT2D eigenvalue weighted by Crippen LogP contribution is -2.41. The molecular formula is C11H17N3O5S2. The number of benzene rings is 1. The molecule has 0 fully saturated rings. The van der Waals surface area contributed by atoms with E-state index in [9.17, 15) is 16.8 Å². The van der Waals surface area contributed by atoms with E-state index in [-0.39, 0.29) is 24.6 Å². The van der Waals surface area contributed by atoms with Crippen LogP contribution < -0.4 is 14.2 Å². The Labute approximate surface area is 124 Å². The Kier molecular flexibility index (Phi) is 4.54. The molecule has 3 N–H and O–H groups in total. The van der Waals surface area contributed by atoms with E-state index in [1.165, 1.54) is 29.6 Å². The molecule has 0 saturated carbocycles. The molecule has 0 radical (unpaired) electrons. The molecule has 0 atom stereocenters. The van der Waals surface area contributed by atoms with Crippen molar-refractivity contribution in [3.8, 4) is 0 Å². The Hall–Kier alpha value is -1.20. The van der Waals surface area contributed by atoms with Crippen LogP contribution in [-0.2, 0) is 31.4 Å². The molecule has 118 valence electrons. The zero-order chi connectivity index (χ0) is 15.7. The molecule has 0 aromatic heterocycles.